The van der Waals surface area contributed by atoms with Crippen LogP contribution in [0.3, 0.4) is 0 Å². The lowest BCUT2D eigenvalue weighted by molar-refractivity contribution is -0.137. The summed E-state index contributed by atoms with van der Waals surface area (Å²) in [6.45, 7) is 0. The first-order valence-corrected chi connectivity index (χ1v) is 9.71. The van der Waals surface area contributed by atoms with Crippen LogP contribution in [0.25, 0.3) is 33.9 Å². The molecule has 4 rings (SSSR count). The summed E-state index contributed by atoms with van der Waals surface area (Å²) in [6.07, 6.45) is -4.38. The Kier molecular flexibility index (Phi) is 5.46. The van der Waals surface area contributed by atoms with Gasteiger partial charge in [0.2, 0.25) is 0 Å². The van der Waals surface area contributed by atoms with Crippen molar-refractivity contribution in [2.24, 2.45) is 0 Å². The molecule has 1 aromatic heterocycles. The first-order chi connectivity index (χ1) is 14.8. The Bertz CT molecular complexity index is 1170. The molecule has 3 aromatic carbocycles. The molecule has 156 valence electrons. The van der Waals surface area contributed by atoms with Crippen LogP contribution in [0.4, 0.5) is 18.9 Å². The van der Waals surface area contributed by atoms with Crippen LogP contribution in [0, 0.1) is 0 Å². The molecule has 6 heteroatoms. The second-order valence-electron chi connectivity index (χ2n) is 7.34. The molecule has 0 saturated carbocycles. The fraction of sp³-hybridized carbons (Fsp3) is 0.120. The lowest BCUT2D eigenvalue weighted by atomic mass is 10.0. The molecule has 0 aliphatic carbocycles. The molecule has 0 radical (unpaired) electrons. The van der Waals surface area contributed by atoms with E-state index in [4.69, 9.17) is 4.98 Å². The van der Waals surface area contributed by atoms with Gasteiger partial charge in [-0.2, -0.15) is 13.2 Å². The number of nitrogens with zero attached hydrogens (tertiary/aromatic N) is 3. The molecular formula is C25H20F3N3. The first-order valence-electron chi connectivity index (χ1n) is 9.71. The number of alkyl halides is 3. The van der Waals surface area contributed by atoms with E-state index in [1.165, 1.54) is 12.1 Å². The van der Waals surface area contributed by atoms with Crippen LogP contribution in [0.5, 0.6) is 0 Å². The number of rotatable bonds is 4. The molecule has 0 atom stereocenters. The maximum Gasteiger partial charge on any atom is 0.416 e. The highest BCUT2D eigenvalue weighted by Gasteiger charge is 2.30. The van der Waals surface area contributed by atoms with Crippen molar-refractivity contribution in [1.29, 1.82) is 0 Å². The van der Waals surface area contributed by atoms with Gasteiger partial charge in [0.1, 0.15) is 0 Å². The summed E-state index contributed by atoms with van der Waals surface area (Å²) in [5, 5.41) is 0. The molecule has 0 aliphatic rings. The van der Waals surface area contributed by atoms with Gasteiger partial charge in [-0.1, -0.05) is 54.6 Å². The van der Waals surface area contributed by atoms with E-state index < -0.39 is 11.7 Å². The van der Waals surface area contributed by atoms with E-state index in [9.17, 15) is 13.2 Å². The molecule has 0 fully saturated rings. The number of hydrogen-bond donors (Lipinski definition) is 0. The number of benzene rings is 3. The van der Waals surface area contributed by atoms with Gasteiger partial charge in [-0.25, -0.2) is 9.97 Å². The standard InChI is InChI=1S/C25H20F3N3/c1-31(2)21-14-10-18(11-15-21)23-16-22(17-8-12-20(13-9-17)25(26,27)28)29-24(30-23)19-6-4-3-5-7-19/h3-16H,1-2H3. The van der Waals surface area contributed by atoms with Gasteiger partial charge in [0, 0.05) is 36.5 Å². The minimum Gasteiger partial charge on any atom is -0.378 e. The molecule has 0 unspecified atom stereocenters. The molecule has 0 aliphatic heterocycles. The lowest BCUT2D eigenvalue weighted by Crippen LogP contribution is -2.08. The Balaban J connectivity index is 1.82. The van der Waals surface area contributed by atoms with Gasteiger partial charge in [0.05, 0.1) is 17.0 Å². The fourth-order valence-corrected chi connectivity index (χ4v) is 3.22. The Hall–Kier alpha value is -3.67. The van der Waals surface area contributed by atoms with E-state index >= 15 is 0 Å². The summed E-state index contributed by atoms with van der Waals surface area (Å²) in [5.41, 5.74) is 3.97. The summed E-state index contributed by atoms with van der Waals surface area (Å²) >= 11 is 0. The van der Waals surface area contributed by atoms with Crippen LogP contribution in [0.2, 0.25) is 0 Å². The highest BCUT2D eigenvalue weighted by molar-refractivity contribution is 5.72. The minimum atomic E-state index is -4.38. The summed E-state index contributed by atoms with van der Waals surface area (Å²) in [6, 6.07) is 24.3. The highest BCUT2D eigenvalue weighted by atomic mass is 19.4. The van der Waals surface area contributed by atoms with Crippen molar-refractivity contribution < 1.29 is 13.2 Å². The van der Waals surface area contributed by atoms with Crippen LogP contribution in [0.1, 0.15) is 5.56 Å². The highest BCUT2D eigenvalue weighted by Crippen LogP contribution is 2.32. The van der Waals surface area contributed by atoms with Crippen molar-refractivity contribution in [1.82, 2.24) is 9.97 Å². The maximum atomic E-state index is 13.0. The van der Waals surface area contributed by atoms with Crippen LogP contribution in [-0.4, -0.2) is 24.1 Å². The van der Waals surface area contributed by atoms with E-state index in [2.05, 4.69) is 4.98 Å². The molecule has 3 nitrogen and oxygen atoms in total. The van der Waals surface area contributed by atoms with Crippen molar-refractivity contribution in [2.75, 3.05) is 19.0 Å². The van der Waals surface area contributed by atoms with Crippen molar-refractivity contribution in [2.45, 2.75) is 6.18 Å². The van der Waals surface area contributed by atoms with E-state index in [-0.39, 0.29) is 0 Å². The summed E-state index contributed by atoms with van der Waals surface area (Å²) in [7, 11) is 3.94. The van der Waals surface area contributed by atoms with Crippen molar-refractivity contribution >= 4 is 5.69 Å². The van der Waals surface area contributed by atoms with Crippen LogP contribution in [0.15, 0.2) is 84.9 Å². The van der Waals surface area contributed by atoms with Gasteiger partial charge in [-0.3, -0.25) is 0 Å². The monoisotopic (exact) mass is 419 g/mol. The van der Waals surface area contributed by atoms with Crippen molar-refractivity contribution in [3.63, 3.8) is 0 Å². The molecule has 31 heavy (non-hydrogen) atoms. The smallest absolute Gasteiger partial charge is 0.378 e. The average Bonchev–Trinajstić information content (AvgIpc) is 2.79. The largest absolute Gasteiger partial charge is 0.416 e. The first kappa shape index (κ1) is 20.6. The second-order valence-corrected chi connectivity index (χ2v) is 7.34. The summed E-state index contributed by atoms with van der Waals surface area (Å²) in [5.74, 6) is 0.518. The number of hydrogen-bond acceptors (Lipinski definition) is 3. The molecular weight excluding hydrogens is 399 g/mol. The topological polar surface area (TPSA) is 29.0 Å². The molecule has 0 amide bonds. The normalized spacial score (nSPS) is 11.4. The van der Waals surface area contributed by atoms with Crippen LogP contribution in [-0.2, 0) is 6.18 Å². The number of aromatic nitrogens is 2. The zero-order valence-corrected chi connectivity index (χ0v) is 17.1. The number of halogens is 3. The predicted molar refractivity (Wildman–Crippen MR) is 118 cm³/mol. The minimum absolute atomic E-state index is 0.518. The Morgan fingerprint density at radius 1 is 0.645 bits per heavy atom. The van der Waals surface area contributed by atoms with E-state index in [1.807, 2.05) is 73.6 Å². The van der Waals surface area contributed by atoms with Crippen molar-refractivity contribution in [3.8, 4) is 33.9 Å². The Labute approximate surface area is 178 Å². The van der Waals surface area contributed by atoms with E-state index in [0.29, 0.717) is 22.8 Å². The van der Waals surface area contributed by atoms with Gasteiger partial charge in [-0.05, 0) is 30.3 Å². The van der Waals surface area contributed by atoms with Crippen molar-refractivity contribution in [3.05, 3.63) is 90.5 Å². The molecule has 0 bridgehead atoms. The maximum absolute atomic E-state index is 13.0. The van der Waals surface area contributed by atoms with Gasteiger partial charge in [0.25, 0.3) is 0 Å². The molecule has 0 saturated heterocycles. The zero-order chi connectivity index (χ0) is 22.0. The SMILES string of the molecule is CN(C)c1ccc(-c2cc(-c3ccc(C(F)(F)F)cc3)nc(-c3ccccc3)n2)cc1. The molecule has 1 heterocycles. The van der Waals surface area contributed by atoms with Gasteiger partial charge in [-0.15, -0.1) is 0 Å². The quantitative estimate of drug-likeness (QED) is 0.375. The number of anilines is 1. The summed E-state index contributed by atoms with van der Waals surface area (Å²) in [4.78, 5) is 11.4. The lowest BCUT2D eigenvalue weighted by Gasteiger charge is -2.13. The Morgan fingerprint density at radius 2 is 1.16 bits per heavy atom. The van der Waals surface area contributed by atoms with E-state index in [1.54, 1.807) is 6.07 Å². The van der Waals surface area contributed by atoms with Gasteiger partial charge >= 0.3 is 6.18 Å². The predicted octanol–water partition coefficient (Wildman–Crippen LogP) is 6.56. The molecule has 0 N–H and O–H groups in total. The second kappa shape index (κ2) is 8.22. The van der Waals surface area contributed by atoms with Crippen LogP contribution >= 0.6 is 0 Å². The fourth-order valence-electron chi connectivity index (χ4n) is 3.22. The summed E-state index contributed by atoms with van der Waals surface area (Å²) < 4.78 is 38.9. The average molecular weight is 419 g/mol. The van der Waals surface area contributed by atoms with E-state index in [0.717, 1.165) is 28.9 Å². The third-order valence-corrected chi connectivity index (χ3v) is 4.95. The third-order valence-electron chi connectivity index (χ3n) is 4.95. The zero-order valence-electron chi connectivity index (χ0n) is 17.1. The van der Waals surface area contributed by atoms with Gasteiger partial charge in [0.15, 0.2) is 5.82 Å². The molecule has 4 aromatic rings. The van der Waals surface area contributed by atoms with Gasteiger partial charge < -0.3 is 4.90 Å². The third kappa shape index (κ3) is 4.58. The Morgan fingerprint density at radius 3 is 1.65 bits per heavy atom. The van der Waals surface area contributed by atoms with Crippen LogP contribution < -0.4 is 4.90 Å². The molecule has 0 spiro atoms.